The molecular weight excluding hydrogens is 568 g/mol. The van der Waals surface area contributed by atoms with Crippen LogP contribution >= 0.6 is 0 Å². The summed E-state index contributed by atoms with van der Waals surface area (Å²) in [5.74, 6) is -3.42. The number of hydrogen-bond acceptors (Lipinski definition) is 6. The molecular formula is C32H28N4O8. The van der Waals surface area contributed by atoms with E-state index in [4.69, 9.17) is 9.84 Å². The number of benzene rings is 3. The first-order chi connectivity index (χ1) is 21.2. The van der Waals surface area contributed by atoms with E-state index in [2.05, 4.69) is 10.3 Å². The third-order valence-corrected chi connectivity index (χ3v) is 8.10. The predicted molar refractivity (Wildman–Crippen MR) is 158 cm³/mol. The maximum atomic E-state index is 14.3. The number of hydrogen-bond donors (Lipinski definition) is 4. The molecule has 3 heterocycles. The highest BCUT2D eigenvalue weighted by Crippen LogP contribution is 2.45. The topological polar surface area (TPSA) is 169 Å². The van der Waals surface area contributed by atoms with Gasteiger partial charge in [-0.1, -0.05) is 42.5 Å². The van der Waals surface area contributed by atoms with Crippen molar-refractivity contribution in [2.75, 3.05) is 12.0 Å². The molecule has 4 aromatic rings. The molecule has 2 aliphatic heterocycles. The molecule has 4 N–H and O–H groups in total. The lowest BCUT2D eigenvalue weighted by Crippen LogP contribution is -2.44. The number of ether oxygens (including phenoxy) is 1. The molecule has 3 atom stereocenters. The Bertz CT molecular complexity index is 1830. The third kappa shape index (κ3) is 4.79. The molecule has 12 nitrogen and oxygen atoms in total. The normalized spacial score (nSPS) is 18.1. The highest BCUT2D eigenvalue weighted by molar-refractivity contribution is 6.24. The van der Waals surface area contributed by atoms with Crippen molar-refractivity contribution >= 4 is 46.4 Å². The van der Waals surface area contributed by atoms with Gasteiger partial charge in [-0.05, 0) is 47.9 Å². The maximum Gasteiger partial charge on any atom is 0.332 e. The summed E-state index contributed by atoms with van der Waals surface area (Å²) in [7, 11) is 1.54. The maximum absolute atomic E-state index is 14.3. The van der Waals surface area contributed by atoms with Gasteiger partial charge < -0.3 is 25.3 Å². The average Bonchev–Trinajstić information content (AvgIpc) is 3.51. The number of methoxy groups -OCH3 is 1. The fourth-order valence-electron chi connectivity index (χ4n) is 6.08. The highest BCUT2D eigenvalue weighted by atomic mass is 16.5. The molecule has 3 aromatic carbocycles. The van der Waals surface area contributed by atoms with Gasteiger partial charge in [0.15, 0.2) is 0 Å². The number of aromatic nitrogens is 1. The number of aromatic amines is 1. The summed E-state index contributed by atoms with van der Waals surface area (Å²) in [6, 6.07) is 17.2. The van der Waals surface area contributed by atoms with Crippen molar-refractivity contribution in [3.05, 3.63) is 95.2 Å². The van der Waals surface area contributed by atoms with E-state index in [0.717, 1.165) is 32.6 Å². The van der Waals surface area contributed by atoms with E-state index in [-0.39, 0.29) is 24.1 Å². The minimum absolute atomic E-state index is 0.00492. The average molecular weight is 597 g/mol. The van der Waals surface area contributed by atoms with Crippen molar-refractivity contribution in [3.63, 3.8) is 0 Å². The summed E-state index contributed by atoms with van der Waals surface area (Å²) in [6.07, 6.45) is -0.575. The number of urea groups is 1. The standard InChI is InChI=1S/C32H28N4O8/c1-44-18-8-6-7-17(15-18)28-27-21(19-9-2-4-11-22(19)33-27)16-25-30(40)36(32(43)35(25)28)24-12-5-3-10-20(24)29(39)34-23(31(41)42)13-14-26(37)38/h2-12,15,23,25,28,33H,13-14,16H2,1H3,(H,34,39)(H,37,38)(H,41,42). The van der Waals surface area contributed by atoms with Crippen LogP contribution in [0.3, 0.4) is 0 Å². The molecule has 1 fully saturated rings. The number of rotatable bonds is 9. The molecule has 4 amide bonds. The molecule has 0 bridgehead atoms. The number of anilines is 1. The molecule has 6 rings (SSSR count). The SMILES string of the molecule is COc1cccc(C2c3[nH]c4ccccc4c3CC3C(=O)N(c4ccccc4C(=O)NC(CCC(=O)O)C(=O)O)C(=O)N32)c1. The van der Waals surface area contributed by atoms with Crippen molar-refractivity contribution in [2.45, 2.75) is 37.4 Å². The number of amides is 4. The van der Waals surface area contributed by atoms with Crippen LogP contribution in [0.1, 0.15) is 46.1 Å². The summed E-state index contributed by atoms with van der Waals surface area (Å²) >= 11 is 0. The van der Waals surface area contributed by atoms with Crippen molar-refractivity contribution < 1.29 is 38.9 Å². The van der Waals surface area contributed by atoms with E-state index < -0.39 is 54.3 Å². The number of H-pyrrole nitrogens is 1. The van der Waals surface area contributed by atoms with Gasteiger partial charge in [0.25, 0.3) is 11.8 Å². The summed E-state index contributed by atoms with van der Waals surface area (Å²) in [4.78, 5) is 70.5. The number of carboxylic acids is 2. The second kappa shape index (κ2) is 11.2. The molecule has 3 unspecified atom stereocenters. The Morgan fingerprint density at radius 2 is 1.77 bits per heavy atom. The zero-order valence-electron chi connectivity index (χ0n) is 23.5. The van der Waals surface area contributed by atoms with E-state index in [9.17, 15) is 29.1 Å². The molecule has 44 heavy (non-hydrogen) atoms. The van der Waals surface area contributed by atoms with Crippen molar-refractivity contribution in [1.29, 1.82) is 0 Å². The summed E-state index contributed by atoms with van der Waals surface area (Å²) < 4.78 is 5.45. The van der Waals surface area contributed by atoms with E-state index in [1.165, 1.54) is 23.1 Å². The van der Waals surface area contributed by atoms with Crippen molar-refractivity contribution in [3.8, 4) is 5.75 Å². The Labute approximate surface area is 250 Å². The molecule has 2 aliphatic rings. The first-order valence-corrected chi connectivity index (χ1v) is 13.9. The number of aliphatic carboxylic acids is 2. The van der Waals surface area contributed by atoms with Gasteiger partial charge in [-0.15, -0.1) is 0 Å². The summed E-state index contributed by atoms with van der Waals surface area (Å²) in [5, 5.41) is 21.8. The van der Waals surface area contributed by atoms with Crippen LogP contribution in [0.5, 0.6) is 5.75 Å². The smallest absolute Gasteiger partial charge is 0.332 e. The largest absolute Gasteiger partial charge is 0.497 e. The van der Waals surface area contributed by atoms with E-state index in [1.54, 1.807) is 19.2 Å². The first kappa shape index (κ1) is 28.5. The van der Waals surface area contributed by atoms with Gasteiger partial charge in [0.05, 0.1) is 18.4 Å². The van der Waals surface area contributed by atoms with Gasteiger partial charge in [0.1, 0.15) is 23.9 Å². The molecule has 0 aliphatic carbocycles. The zero-order chi connectivity index (χ0) is 31.1. The number of imide groups is 1. The van der Waals surface area contributed by atoms with Crippen LogP contribution in [-0.4, -0.2) is 69.1 Å². The number of carbonyl (C=O) groups excluding carboxylic acids is 3. The van der Waals surface area contributed by atoms with Gasteiger partial charge in [0, 0.05) is 29.4 Å². The molecule has 224 valence electrons. The number of carbonyl (C=O) groups is 5. The quantitative estimate of drug-likeness (QED) is 0.212. The minimum atomic E-state index is -1.49. The monoisotopic (exact) mass is 596 g/mol. The van der Waals surface area contributed by atoms with Crippen LogP contribution in [0.15, 0.2) is 72.8 Å². The second-order valence-electron chi connectivity index (χ2n) is 10.6. The molecule has 12 heteroatoms. The minimum Gasteiger partial charge on any atom is -0.497 e. The fraction of sp³-hybridized carbons (Fsp3) is 0.219. The number of nitrogens with one attached hydrogen (secondary N) is 2. The Morgan fingerprint density at radius 1 is 1.02 bits per heavy atom. The fourth-order valence-corrected chi connectivity index (χ4v) is 6.08. The van der Waals surface area contributed by atoms with Crippen LogP contribution in [0.25, 0.3) is 10.9 Å². The van der Waals surface area contributed by atoms with Crippen molar-refractivity contribution in [2.24, 2.45) is 0 Å². The van der Waals surface area contributed by atoms with Gasteiger partial charge in [-0.25, -0.2) is 14.5 Å². The van der Waals surface area contributed by atoms with E-state index in [1.807, 2.05) is 42.5 Å². The number of carboxylic acid groups (broad SMARTS) is 2. The first-order valence-electron chi connectivity index (χ1n) is 13.9. The number of nitrogens with zero attached hydrogens (tertiary/aromatic N) is 2. The molecule has 0 spiro atoms. The Kier molecular flexibility index (Phi) is 7.25. The summed E-state index contributed by atoms with van der Waals surface area (Å²) in [5.41, 5.74) is 3.17. The third-order valence-electron chi connectivity index (χ3n) is 8.10. The molecule has 1 saturated heterocycles. The van der Waals surface area contributed by atoms with Crippen LogP contribution in [-0.2, 0) is 20.8 Å². The zero-order valence-corrected chi connectivity index (χ0v) is 23.5. The van der Waals surface area contributed by atoms with Crippen molar-refractivity contribution in [1.82, 2.24) is 15.2 Å². The van der Waals surface area contributed by atoms with Gasteiger partial charge in [0.2, 0.25) is 0 Å². The second-order valence-corrected chi connectivity index (χ2v) is 10.6. The lowest BCUT2D eigenvalue weighted by Gasteiger charge is -2.36. The Hall–Kier alpha value is -5.65. The Morgan fingerprint density at radius 3 is 2.52 bits per heavy atom. The molecule has 0 radical (unpaired) electrons. The van der Waals surface area contributed by atoms with E-state index in [0.29, 0.717) is 5.75 Å². The number of para-hydroxylation sites is 2. The molecule has 1 aromatic heterocycles. The number of fused-ring (bicyclic) bond motifs is 4. The van der Waals surface area contributed by atoms with Gasteiger partial charge in [-0.2, -0.15) is 0 Å². The van der Waals surface area contributed by atoms with Gasteiger partial charge >= 0.3 is 18.0 Å². The highest BCUT2D eigenvalue weighted by Gasteiger charge is 2.53. The van der Waals surface area contributed by atoms with Crippen LogP contribution in [0.2, 0.25) is 0 Å². The molecule has 0 saturated carbocycles. The van der Waals surface area contributed by atoms with Crippen LogP contribution < -0.4 is 15.0 Å². The van der Waals surface area contributed by atoms with Gasteiger partial charge in [-0.3, -0.25) is 19.3 Å². The lowest BCUT2D eigenvalue weighted by atomic mass is 9.89. The Balaban J connectivity index is 1.41. The van der Waals surface area contributed by atoms with E-state index >= 15 is 0 Å². The predicted octanol–water partition coefficient (Wildman–Crippen LogP) is 3.71. The summed E-state index contributed by atoms with van der Waals surface area (Å²) in [6.45, 7) is 0. The van der Waals surface area contributed by atoms with Crippen LogP contribution in [0, 0.1) is 0 Å². The lowest BCUT2D eigenvalue weighted by molar-refractivity contribution is -0.140. The van der Waals surface area contributed by atoms with Crippen LogP contribution in [0.4, 0.5) is 10.5 Å².